The molecular weight excluding hydrogens is 228 g/mol. The fourth-order valence-electron chi connectivity index (χ4n) is 3.98. The molecule has 0 fully saturated rings. The molecule has 0 aromatic carbocycles. The quantitative estimate of drug-likeness (QED) is 0.503. The predicted molar refractivity (Wildman–Crippen MR) is 87.2 cm³/mol. The van der Waals surface area contributed by atoms with Crippen LogP contribution in [0.4, 0.5) is 0 Å². The van der Waals surface area contributed by atoms with Crippen LogP contribution in [0.3, 0.4) is 0 Å². The Morgan fingerprint density at radius 1 is 1.11 bits per heavy atom. The molecule has 1 aliphatic carbocycles. The van der Waals surface area contributed by atoms with Crippen molar-refractivity contribution in [1.82, 2.24) is 0 Å². The van der Waals surface area contributed by atoms with Gasteiger partial charge in [0.1, 0.15) is 0 Å². The van der Waals surface area contributed by atoms with E-state index in [1.807, 2.05) is 0 Å². The van der Waals surface area contributed by atoms with E-state index in [-0.39, 0.29) is 0 Å². The Hall–Kier alpha value is -0.780. The lowest BCUT2D eigenvalue weighted by molar-refractivity contribution is 0.185. The molecule has 19 heavy (non-hydrogen) atoms. The van der Waals surface area contributed by atoms with Crippen molar-refractivity contribution in [2.24, 2.45) is 17.3 Å². The van der Waals surface area contributed by atoms with Crippen LogP contribution in [0.1, 0.15) is 66.2 Å². The second-order valence-corrected chi connectivity index (χ2v) is 6.38. The SMILES string of the molecule is C=CC1=C(C=C)C(CCC)(CCCC)CC(C)C1C. The molecule has 0 aromatic rings. The summed E-state index contributed by atoms with van der Waals surface area (Å²) in [7, 11) is 0. The van der Waals surface area contributed by atoms with Gasteiger partial charge in [-0.25, -0.2) is 0 Å². The maximum absolute atomic E-state index is 4.12. The Balaban J connectivity index is 3.28. The first kappa shape index (κ1) is 16.3. The van der Waals surface area contributed by atoms with E-state index in [0.717, 1.165) is 5.92 Å². The normalized spacial score (nSPS) is 31.4. The predicted octanol–water partition coefficient (Wildman–Crippen LogP) is 6.31. The molecule has 1 aliphatic rings. The molecule has 0 aromatic heterocycles. The highest BCUT2D eigenvalue weighted by atomic mass is 14.4. The van der Waals surface area contributed by atoms with Gasteiger partial charge in [0.2, 0.25) is 0 Å². The van der Waals surface area contributed by atoms with Crippen molar-refractivity contribution in [3.8, 4) is 0 Å². The molecule has 3 atom stereocenters. The lowest BCUT2D eigenvalue weighted by Gasteiger charge is -2.45. The van der Waals surface area contributed by atoms with Gasteiger partial charge in [-0.1, -0.05) is 72.3 Å². The Morgan fingerprint density at radius 3 is 2.26 bits per heavy atom. The van der Waals surface area contributed by atoms with Gasteiger partial charge in [-0.3, -0.25) is 0 Å². The van der Waals surface area contributed by atoms with Crippen LogP contribution in [0.15, 0.2) is 36.5 Å². The Labute approximate surface area is 120 Å². The highest BCUT2D eigenvalue weighted by molar-refractivity contribution is 5.40. The van der Waals surface area contributed by atoms with Crippen molar-refractivity contribution in [3.05, 3.63) is 36.5 Å². The zero-order valence-electron chi connectivity index (χ0n) is 13.5. The van der Waals surface area contributed by atoms with E-state index in [1.54, 1.807) is 0 Å². The number of allylic oxidation sites excluding steroid dienone is 4. The molecule has 0 heteroatoms. The fourth-order valence-corrected chi connectivity index (χ4v) is 3.98. The molecule has 0 amide bonds. The molecule has 0 spiro atoms. The zero-order chi connectivity index (χ0) is 14.5. The summed E-state index contributed by atoms with van der Waals surface area (Å²) in [6, 6.07) is 0. The van der Waals surface area contributed by atoms with Gasteiger partial charge in [0.25, 0.3) is 0 Å². The summed E-state index contributed by atoms with van der Waals surface area (Å²) in [5, 5.41) is 0. The first-order valence-corrected chi connectivity index (χ1v) is 8.05. The second-order valence-electron chi connectivity index (χ2n) is 6.38. The van der Waals surface area contributed by atoms with Crippen LogP contribution in [0.5, 0.6) is 0 Å². The lowest BCUT2D eigenvalue weighted by Crippen LogP contribution is -2.34. The molecule has 0 N–H and O–H groups in total. The van der Waals surface area contributed by atoms with Gasteiger partial charge < -0.3 is 0 Å². The van der Waals surface area contributed by atoms with Crippen molar-refractivity contribution in [2.75, 3.05) is 0 Å². The standard InChI is InChI=1S/C19H32/c1-7-11-13-19(12-8-2)14-15(5)16(6)17(9-3)18(19)10-4/h9-10,15-16H,3-4,7-8,11-14H2,1-2,5-6H3. The molecule has 0 nitrogen and oxygen atoms in total. The summed E-state index contributed by atoms with van der Waals surface area (Å²) in [6.45, 7) is 17.5. The monoisotopic (exact) mass is 260 g/mol. The lowest BCUT2D eigenvalue weighted by atomic mass is 9.59. The Bertz CT molecular complexity index is 347. The molecule has 0 saturated carbocycles. The summed E-state index contributed by atoms with van der Waals surface area (Å²) in [5.74, 6) is 1.37. The number of hydrogen-bond donors (Lipinski definition) is 0. The van der Waals surface area contributed by atoms with E-state index in [9.17, 15) is 0 Å². The van der Waals surface area contributed by atoms with E-state index >= 15 is 0 Å². The molecule has 3 unspecified atom stereocenters. The summed E-state index contributed by atoms with van der Waals surface area (Å²) in [5.41, 5.74) is 3.32. The third kappa shape index (κ3) is 3.22. The second kappa shape index (κ2) is 7.12. The van der Waals surface area contributed by atoms with Crippen molar-refractivity contribution < 1.29 is 0 Å². The van der Waals surface area contributed by atoms with E-state index in [2.05, 4.69) is 53.0 Å². The maximum Gasteiger partial charge on any atom is -0.00417 e. The van der Waals surface area contributed by atoms with Crippen molar-refractivity contribution >= 4 is 0 Å². The minimum absolute atomic E-state index is 0.363. The van der Waals surface area contributed by atoms with Crippen molar-refractivity contribution in [1.29, 1.82) is 0 Å². The van der Waals surface area contributed by atoms with Crippen LogP contribution >= 0.6 is 0 Å². The van der Waals surface area contributed by atoms with Crippen LogP contribution in [0, 0.1) is 17.3 Å². The van der Waals surface area contributed by atoms with E-state index in [4.69, 9.17) is 0 Å². The topological polar surface area (TPSA) is 0 Å². The molecule has 108 valence electrons. The third-order valence-corrected chi connectivity index (χ3v) is 5.10. The van der Waals surface area contributed by atoms with Crippen LogP contribution < -0.4 is 0 Å². The zero-order valence-corrected chi connectivity index (χ0v) is 13.5. The van der Waals surface area contributed by atoms with Crippen LogP contribution in [0.25, 0.3) is 0 Å². The summed E-state index contributed by atoms with van der Waals surface area (Å²) >= 11 is 0. The van der Waals surface area contributed by atoms with E-state index in [0.29, 0.717) is 11.3 Å². The average Bonchev–Trinajstić information content (AvgIpc) is 2.40. The summed E-state index contributed by atoms with van der Waals surface area (Å²) in [6.07, 6.45) is 12.0. The van der Waals surface area contributed by atoms with Gasteiger partial charge in [0.15, 0.2) is 0 Å². The molecule has 0 aliphatic heterocycles. The van der Waals surface area contributed by atoms with Crippen molar-refractivity contribution in [3.63, 3.8) is 0 Å². The van der Waals surface area contributed by atoms with Gasteiger partial charge in [0, 0.05) is 0 Å². The third-order valence-electron chi connectivity index (χ3n) is 5.10. The fraction of sp³-hybridized carbons (Fsp3) is 0.684. The highest BCUT2D eigenvalue weighted by Gasteiger charge is 2.40. The number of hydrogen-bond acceptors (Lipinski definition) is 0. The van der Waals surface area contributed by atoms with E-state index < -0.39 is 0 Å². The Morgan fingerprint density at radius 2 is 1.79 bits per heavy atom. The largest absolute Gasteiger partial charge is 0.0988 e. The van der Waals surface area contributed by atoms with Gasteiger partial charge in [-0.05, 0) is 47.7 Å². The maximum atomic E-state index is 4.12. The van der Waals surface area contributed by atoms with Crippen LogP contribution in [-0.2, 0) is 0 Å². The molecule has 0 radical (unpaired) electrons. The first-order valence-electron chi connectivity index (χ1n) is 8.05. The minimum Gasteiger partial charge on any atom is -0.0988 e. The average molecular weight is 260 g/mol. The molecule has 1 rings (SSSR count). The van der Waals surface area contributed by atoms with Gasteiger partial charge in [0.05, 0.1) is 0 Å². The minimum atomic E-state index is 0.363. The first-order chi connectivity index (χ1) is 9.06. The number of rotatable bonds is 7. The molecular formula is C19H32. The number of unbranched alkanes of at least 4 members (excludes halogenated alkanes) is 1. The summed E-state index contributed by atoms with van der Waals surface area (Å²) in [4.78, 5) is 0. The molecule has 0 heterocycles. The van der Waals surface area contributed by atoms with Crippen LogP contribution in [-0.4, -0.2) is 0 Å². The Kier molecular flexibility index (Phi) is 6.10. The van der Waals surface area contributed by atoms with Gasteiger partial charge >= 0.3 is 0 Å². The molecule has 0 bridgehead atoms. The molecule has 0 saturated heterocycles. The highest BCUT2D eigenvalue weighted by Crippen LogP contribution is 2.52. The van der Waals surface area contributed by atoms with Gasteiger partial charge in [-0.2, -0.15) is 0 Å². The van der Waals surface area contributed by atoms with Gasteiger partial charge in [-0.15, -0.1) is 0 Å². The van der Waals surface area contributed by atoms with E-state index in [1.165, 1.54) is 49.7 Å². The smallest absolute Gasteiger partial charge is 0.00417 e. The van der Waals surface area contributed by atoms with Crippen LogP contribution in [0.2, 0.25) is 0 Å². The summed E-state index contributed by atoms with van der Waals surface area (Å²) < 4.78 is 0. The van der Waals surface area contributed by atoms with Crippen molar-refractivity contribution in [2.45, 2.75) is 66.2 Å².